The first-order valence-electron chi connectivity index (χ1n) is 7.69. The number of hydrogen-bond donors (Lipinski definition) is 0. The van der Waals surface area contributed by atoms with Crippen LogP contribution in [0.2, 0.25) is 0 Å². The summed E-state index contributed by atoms with van der Waals surface area (Å²) in [6.07, 6.45) is 4.41. The van der Waals surface area contributed by atoms with Crippen LogP contribution in [-0.4, -0.2) is 41.9 Å². The average molecular weight is 469 g/mol. The number of rotatable bonds is 6. The Bertz CT molecular complexity index is 545. The topological polar surface area (TPSA) is 21.7 Å². The first-order chi connectivity index (χ1) is 10.8. The second-order valence-corrected chi connectivity index (χ2v) is 6.31. The summed E-state index contributed by atoms with van der Waals surface area (Å²) in [6, 6.07) is 10.5. The molecule has 0 amide bonds. The molecular formula is C18H23NO2W. The van der Waals surface area contributed by atoms with Gasteiger partial charge in [-0.05, 0) is 0 Å². The Morgan fingerprint density at radius 3 is 2.55 bits per heavy atom. The summed E-state index contributed by atoms with van der Waals surface area (Å²) in [5, 5.41) is 0. The van der Waals surface area contributed by atoms with Gasteiger partial charge in [0.1, 0.15) is 0 Å². The van der Waals surface area contributed by atoms with Crippen LogP contribution in [0.4, 0.5) is 0 Å². The molecule has 0 aliphatic carbocycles. The van der Waals surface area contributed by atoms with Crippen LogP contribution in [-0.2, 0) is 28.8 Å². The molecule has 1 fully saturated rings. The Hall–Kier alpha value is -1.02. The molecule has 1 saturated heterocycles. The molecule has 1 aromatic carbocycles. The van der Waals surface area contributed by atoms with Gasteiger partial charge >= 0.3 is 144 Å². The van der Waals surface area contributed by atoms with Gasteiger partial charge in [-0.15, -0.1) is 0 Å². The van der Waals surface area contributed by atoms with E-state index in [1.165, 1.54) is 36.1 Å². The minimum absolute atomic E-state index is 0.699. The fourth-order valence-electron chi connectivity index (χ4n) is 2.43. The van der Waals surface area contributed by atoms with Crippen LogP contribution in [0, 0.1) is 0 Å². The van der Waals surface area contributed by atoms with Crippen LogP contribution >= 0.6 is 0 Å². The number of ether oxygens (including phenoxy) is 2. The van der Waals surface area contributed by atoms with Gasteiger partial charge in [-0.3, -0.25) is 0 Å². The summed E-state index contributed by atoms with van der Waals surface area (Å²) in [5.74, 6) is 0. The molecule has 4 heteroatoms. The predicted octanol–water partition coefficient (Wildman–Crippen LogP) is 3.02. The summed E-state index contributed by atoms with van der Waals surface area (Å²) in [6.45, 7) is 8.28. The normalized spacial score (nSPS) is 16.7. The summed E-state index contributed by atoms with van der Waals surface area (Å²) >= 11 is 1.35. The fraction of sp³-hybridized carbons (Fsp3) is 0.389. The second-order valence-electron chi connectivity index (χ2n) is 4.98. The van der Waals surface area contributed by atoms with Crippen molar-refractivity contribution in [2.45, 2.75) is 13.8 Å². The first kappa shape index (κ1) is 17.3. The maximum absolute atomic E-state index is 5.84. The van der Waals surface area contributed by atoms with Gasteiger partial charge in [-0.25, -0.2) is 0 Å². The van der Waals surface area contributed by atoms with Crippen molar-refractivity contribution in [3.05, 3.63) is 53.7 Å². The number of morpholine rings is 1. The Kier molecular flexibility index (Phi) is 7.24. The SMILES string of the molecule is C/C=C(/C(=C\N1CCOCC1)[C](=[W])OCC)c1ccccc1. The Labute approximate surface area is 144 Å². The molecule has 0 bridgehead atoms. The quantitative estimate of drug-likeness (QED) is 0.599. The van der Waals surface area contributed by atoms with Crippen LogP contribution in [0.1, 0.15) is 19.4 Å². The fourth-order valence-corrected chi connectivity index (χ4v) is 3.43. The van der Waals surface area contributed by atoms with Gasteiger partial charge in [0, 0.05) is 0 Å². The summed E-state index contributed by atoms with van der Waals surface area (Å²) in [4.78, 5) is 2.33. The summed E-state index contributed by atoms with van der Waals surface area (Å²) in [7, 11) is 0. The number of hydrogen-bond acceptors (Lipinski definition) is 3. The summed E-state index contributed by atoms with van der Waals surface area (Å²) < 4.78 is 12.3. The van der Waals surface area contributed by atoms with Crippen molar-refractivity contribution in [1.82, 2.24) is 4.90 Å². The van der Waals surface area contributed by atoms with Gasteiger partial charge in [0.2, 0.25) is 0 Å². The maximum atomic E-state index is 5.84. The Balaban J connectivity index is 2.34. The van der Waals surface area contributed by atoms with Crippen LogP contribution < -0.4 is 0 Å². The molecule has 0 spiro atoms. The molecule has 0 atom stereocenters. The van der Waals surface area contributed by atoms with Crippen molar-refractivity contribution in [2.24, 2.45) is 0 Å². The van der Waals surface area contributed by atoms with Gasteiger partial charge in [0.25, 0.3) is 0 Å². The molecule has 1 aromatic rings. The molecule has 22 heavy (non-hydrogen) atoms. The standard InChI is InChI=1S/C18H23NO2.W/c1-3-18(16-8-6-5-7-9-16)17(15-20-4-2)14-19-10-12-21-13-11-19;/h3,5-9,14H,4,10-13H2,1-2H3;/b17-14-,18-3+;. The third-order valence-corrected chi connectivity index (χ3v) is 4.73. The van der Waals surface area contributed by atoms with Crippen LogP contribution in [0.3, 0.4) is 0 Å². The van der Waals surface area contributed by atoms with Gasteiger partial charge < -0.3 is 0 Å². The van der Waals surface area contributed by atoms with Crippen molar-refractivity contribution in [3.8, 4) is 0 Å². The molecule has 2 rings (SSSR count). The van der Waals surface area contributed by atoms with E-state index in [4.69, 9.17) is 9.47 Å². The zero-order chi connectivity index (χ0) is 15.8. The van der Waals surface area contributed by atoms with E-state index >= 15 is 0 Å². The van der Waals surface area contributed by atoms with Crippen molar-refractivity contribution >= 4 is 9.66 Å². The van der Waals surface area contributed by atoms with E-state index in [0.717, 1.165) is 30.4 Å². The molecule has 118 valence electrons. The van der Waals surface area contributed by atoms with Crippen molar-refractivity contribution in [1.29, 1.82) is 0 Å². The number of nitrogens with zero attached hydrogens (tertiary/aromatic N) is 1. The van der Waals surface area contributed by atoms with E-state index in [-0.39, 0.29) is 0 Å². The van der Waals surface area contributed by atoms with Gasteiger partial charge in [-0.1, -0.05) is 0 Å². The monoisotopic (exact) mass is 469 g/mol. The number of benzene rings is 1. The van der Waals surface area contributed by atoms with Crippen molar-refractivity contribution in [3.63, 3.8) is 0 Å². The molecule has 0 radical (unpaired) electrons. The van der Waals surface area contributed by atoms with Gasteiger partial charge in [-0.2, -0.15) is 0 Å². The van der Waals surface area contributed by atoms with Crippen molar-refractivity contribution < 1.29 is 28.8 Å². The molecule has 1 aliphatic rings. The molecule has 0 N–H and O–H groups in total. The van der Waals surface area contributed by atoms with Crippen LogP contribution in [0.5, 0.6) is 0 Å². The molecular weight excluding hydrogens is 446 g/mol. The third kappa shape index (κ3) is 4.74. The summed E-state index contributed by atoms with van der Waals surface area (Å²) in [5.41, 5.74) is 3.64. The van der Waals surface area contributed by atoms with E-state index in [0.29, 0.717) is 6.61 Å². The van der Waals surface area contributed by atoms with E-state index < -0.39 is 0 Å². The third-order valence-electron chi connectivity index (χ3n) is 3.52. The zero-order valence-corrected chi connectivity index (χ0v) is 16.2. The molecule has 1 aliphatic heterocycles. The van der Waals surface area contributed by atoms with Crippen molar-refractivity contribution in [2.75, 3.05) is 32.9 Å². The number of allylic oxidation sites excluding steroid dienone is 1. The van der Waals surface area contributed by atoms with E-state index in [9.17, 15) is 0 Å². The zero-order valence-electron chi connectivity index (χ0n) is 13.2. The molecule has 0 unspecified atom stereocenters. The first-order valence-corrected chi connectivity index (χ1v) is 9.15. The van der Waals surface area contributed by atoms with E-state index in [1.807, 2.05) is 13.0 Å². The Morgan fingerprint density at radius 2 is 1.95 bits per heavy atom. The average Bonchev–Trinajstić information content (AvgIpc) is 2.57. The molecule has 3 nitrogen and oxygen atoms in total. The van der Waals surface area contributed by atoms with Crippen LogP contribution in [0.15, 0.2) is 48.2 Å². The molecule has 0 aromatic heterocycles. The molecule has 1 heterocycles. The molecule has 0 saturated carbocycles. The van der Waals surface area contributed by atoms with Gasteiger partial charge in [0.15, 0.2) is 0 Å². The predicted molar refractivity (Wildman–Crippen MR) is 87.2 cm³/mol. The minimum atomic E-state index is 0.699. The second kappa shape index (κ2) is 9.19. The van der Waals surface area contributed by atoms with E-state index in [1.54, 1.807) is 0 Å². The Morgan fingerprint density at radius 1 is 1.27 bits per heavy atom. The van der Waals surface area contributed by atoms with Crippen LogP contribution in [0.25, 0.3) is 5.57 Å². The van der Waals surface area contributed by atoms with E-state index in [2.05, 4.69) is 48.4 Å². The van der Waals surface area contributed by atoms with Gasteiger partial charge in [0.05, 0.1) is 0 Å².